The van der Waals surface area contributed by atoms with E-state index in [0.717, 1.165) is 11.3 Å². The molecule has 0 atom stereocenters. The summed E-state index contributed by atoms with van der Waals surface area (Å²) in [5.41, 5.74) is 0.610. The molecule has 0 aliphatic carbocycles. The smallest absolute Gasteiger partial charge is 0.378 e. The third-order valence-electron chi connectivity index (χ3n) is 3.86. The number of hydrogen-bond acceptors (Lipinski definition) is 5. The lowest BCUT2D eigenvalue weighted by atomic mass is 9.94. The van der Waals surface area contributed by atoms with E-state index < -0.39 is 21.8 Å². The normalized spacial score (nSPS) is 12.1. The Bertz CT molecular complexity index is 1030. The summed E-state index contributed by atoms with van der Waals surface area (Å²) < 4.78 is 28.1. The predicted molar refractivity (Wildman–Crippen MR) is 107 cm³/mol. The molecule has 0 aliphatic heterocycles. The number of thiophene rings is 1. The first kappa shape index (κ1) is 21.4. The van der Waals surface area contributed by atoms with Gasteiger partial charge in [-0.25, -0.2) is 13.2 Å². The highest BCUT2D eigenvalue weighted by Gasteiger charge is 2.29. The summed E-state index contributed by atoms with van der Waals surface area (Å²) in [5, 5.41) is 9.51. The molecule has 0 bridgehead atoms. The van der Waals surface area contributed by atoms with Crippen LogP contribution in [-0.2, 0) is 20.2 Å². The third-order valence-corrected chi connectivity index (χ3v) is 7.34. The van der Waals surface area contributed by atoms with E-state index in [1.54, 1.807) is 19.9 Å². The van der Waals surface area contributed by atoms with Gasteiger partial charge in [-0.05, 0) is 48.6 Å². The van der Waals surface area contributed by atoms with E-state index in [4.69, 9.17) is 16.7 Å². The Balaban J connectivity index is 2.58. The maximum atomic E-state index is 12.9. The first-order valence-corrected chi connectivity index (χ1v) is 10.6. The maximum absolute atomic E-state index is 12.9. The molecule has 1 aromatic carbocycles. The van der Waals surface area contributed by atoms with Gasteiger partial charge in [0.2, 0.25) is 0 Å². The molecule has 27 heavy (non-hydrogen) atoms. The minimum Gasteiger partial charge on any atom is -0.475 e. The maximum Gasteiger partial charge on any atom is 0.378 e. The monoisotopic (exact) mass is 429 g/mol. The number of carbonyl (C=O) groups is 2. The van der Waals surface area contributed by atoms with Gasteiger partial charge < -0.3 is 5.11 Å². The lowest BCUT2D eigenvalue weighted by Gasteiger charge is -2.15. The fraction of sp³-hybridized carbons (Fsp3) is 0.333. The number of carbonyl (C=O) groups excluding carboxylic acids is 1. The highest BCUT2D eigenvalue weighted by Crippen LogP contribution is 2.37. The van der Waals surface area contributed by atoms with Gasteiger partial charge in [0.15, 0.2) is 0 Å². The molecule has 9 heteroatoms. The molecule has 6 nitrogen and oxygen atoms in total. The molecular formula is C18H20ClNO5S2. The molecule has 1 heterocycles. The van der Waals surface area contributed by atoms with Gasteiger partial charge in [0.1, 0.15) is 4.88 Å². The van der Waals surface area contributed by atoms with Crippen LogP contribution in [0.3, 0.4) is 0 Å². The quantitative estimate of drug-likeness (QED) is 0.542. The summed E-state index contributed by atoms with van der Waals surface area (Å²) in [6.07, 6.45) is 0. The second kappa shape index (κ2) is 7.26. The van der Waals surface area contributed by atoms with Crippen LogP contribution in [0.5, 0.6) is 0 Å². The second-order valence-corrected chi connectivity index (χ2v) is 10.3. The van der Waals surface area contributed by atoms with E-state index in [1.165, 1.54) is 12.1 Å². The van der Waals surface area contributed by atoms with Crippen molar-refractivity contribution < 1.29 is 23.1 Å². The number of carboxylic acid groups (broad SMARTS) is 1. The Morgan fingerprint density at radius 2 is 1.70 bits per heavy atom. The first-order valence-electron chi connectivity index (χ1n) is 7.95. The van der Waals surface area contributed by atoms with Crippen molar-refractivity contribution in [3.63, 3.8) is 0 Å². The van der Waals surface area contributed by atoms with Crippen molar-refractivity contribution in [1.82, 2.24) is 0 Å². The third kappa shape index (κ3) is 4.51. The largest absolute Gasteiger partial charge is 0.475 e. The summed E-state index contributed by atoms with van der Waals surface area (Å²) in [6.45, 7) is 8.95. The van der Waals surface area contributed by atoms with Crippen molar-refractivity contribution >= 4 is 50.4 Å². The molecule has 0 radical (unpaired) electrons. The van der Waals surface area contributed by atoms with Crippen LogP contribution < -0.4 is 4.72 Å². The van der Waals surface area contributed by atoms with Crippen LogP contribution in [0.2, 0.25) is 5.02 Å². The molecule has 0 fully saturated rings. The van der Waals surface area contributed by atoms with Gasteiger partial charge in [-0.2, -0.15) is 0 Å². The Morgan fingerprint density at radius 3 is 2.22 bits per heavy atom. The number of Topliss-reactive ketones (excluding diaryl/α,β-unsaturated/α-hetero) is 1. The van der Waals surface area contributed by atoms with Gasteiger partial charge >= 0.3 is 5.97 Å². The molecule has 2 rings (SSSR count). The van der Waals surface area contributed by atoms with Gasteiger partial charge in [-0.1, -0.05) is 32.4 Å². The van der Waals surface area contributed by atoms with Crippen LogP contribution in [0, 0.1) is 13.8 Å². The molecule has 0 spiro atoms. The van der Waals surface area contributed by atoms with Crippen molar-refractivity contribution in [1.29, 1.82) is 0 Å². The molecule has 1 aromatic heterocycles. The van der Waals surface area contributed by atoms with Crippen molar-refractivity contribution in [3.05, 3.63) is 44.1 Å². The lowest BCUT2D eigenvalue weighted by molar-refractivity contribution is -0.131. The van der Waals surface area contributed by atoms with E-state index in [-0.39, 0.29) is 20.9 Å². The number of anilines is 1. The summed E-state index contributed by atoms with van der Waals surface area (Å²) >= 11 is 7.00. The summed E-state index contributed by atoms with van der Waals surface area (Å²) in [5.74, 6) is -2.80. The van der Waals surface area contributed by atoms with Crippen molar-refractivity contribution in [2.24, 2.45) is 0 Å². The molecule has 0 amide bonds. The van der Waals surface area contributed by atoms with Crippen LogP contribution in [0.25, 0.3) is 0 Å². The number of carboxylic acids is 1. The Kier molecular flexibility index (Phi) is 5.75. The van der Waals surface area contributed by atoms with Gasteiger partial charge in [0.25, 0.3) is 15.8 Å². The molecule has 146 valence electrons. The summed E-state index contributed by atoms with van der Waals surface area (Å²) in [7, 11) is -4.04. The van der Waals surface area contributed by atoms with Crippen molar-refractivity contribution in [2.45, 2.75) is 44.9 Å². The molecule has 2 N–H and O–H groups in total. The van der Waals surface area contributed by atoms with E-state index in [0.29, 0.717) is 21.0 Å². The van der Waals surface area contributed by atoms with Gasteiger partial charge in [-0.15, -0.1) is 11.3 Å². The van der Waals surface area contributed by atoms with Crippen LogP contribution in [-0.4, -0.2) is 25.3 Å². The number of aryl methyl sites for hydroxylation is 2. The standard InChI is InChI=1S/C18H20ClNO5S2/c1-9-7-13(10(2)6-11(9)19)27(24,25)20-12-8-14(18(3,4)5)26-16(12)15(21)17(22)23/h6-8,20H,1-5H3,(H,22,23). The van der Waals surface area contributed by atoms with Gasteiger partial charge in [0.05, 0.1) is 10.6 Å². The number of rotatable bonds is 5. The van der Waals surface area contributed by atoms with Crippen molar-refractivity contribution in [2.75, 3.05) is 4.72 Å². The molecule has 0 aliphatic rings. The zero-order valence-corrected chi connectivity index (χ0v) is 17.9. The number of sulfonamides is 1. The Morgan fingerprint density at radius 1 is 1.11 bits per heavy atom. The molecular weight excluding hydrogens is 410 g/mol. The number of nitrogens with one attached hydrogen (secondary N) is 1. The van der Waals surface area contributed by atoms with E-state index in [1.807, 2.05) is 20.8 Å². The van der Waals surface area contributed by atoms with Crippen LogP contribution in [0.1, 0.15) is 46.4 Å². The number of hydrogen-bond donors (Lipinski definition) is 2. The Labute approximate surface area is 167 Å². The van der Waals surface area contributed by atoms with E-state index in [9.17, 15) is 18.0 Å². The lowest BCUT2D eigenvalue weighted by Crippen LogP contribution is -2.18. The average Bonchev–Trinajstić information content (AvgIpc) is 2.93. The minimum atomic E-state index is -4.04. The van der Waals surface area contributed by atoms with E-state index >= 15 is 0 Å². The number of ketones is 1. The van der Waals surface area contributed by atoms with Crippen molar-refractivity contribution in [3.8, 4) is 0 Å². The fourth-order valence-corrected chi connectivity index (χ4v) is 5.11. The number of halogens is 1. The topological polar surface area (TPSA) is 101 Å². The first-order chi connectivity index (χ1) is 12.2. The zero-order chi connectivity index (χ0) is 20.7. The van der Waals surface area contributed by atoms with Crippen LogP contribution in [0.15, 0.2) is 23.1 Å². The van der Waals surface area contributed by atoms with Gasteiger partial charge in [0, 0.05) is 9.90 Å². The summed E-state index contributed by atoms with van der Waals surface area (Å²) in [4.78, 5) is 23.8. The fourth-order valence-electron chi connectivity index (χ4n) is 2.35. The van der Waals surface area contributed by atoms with E-state index in [2.05, 4.69) is 4.72 Å². The molecule has 0 unspecified atom stereocenters. The molecule has 2 aromatic rings. The average molecular weight is 430 g/mol. The SMILES string of the molecule is Cc1cc(S(=O)(=O)Nc2cc(C(C)(C)C)sc2C(=O)C(=O)O)c(C)cc1Cl. The predicted octanol–water partition coefficient (Wildman–Crippen LogP) is 4.38. The summed E-state index contributed by atoms with van der Waals surface area (Å²) in [6, 6.07) is 4.50. The van der Waals surface area contributed by atoms with Crippen LogP contribution >= 0.6 is 22.9 Å². The highest BCUT2D eigenvalue weighted by atomic mass is 35.5. The molecule has 0 saturated carbocycles. The molecule has 0 saturated heterocycles. The zero-order valence-electron chi connectivity index (χ0n) is 15.5. The highest BCUT2D eigenvalue weighted by molar-refractivity contribution is 7.92. The van der Waals surface area contributed by atoms with Gasteiger partial charge in [-0.3, -0.25) is 9.52 Å². The Hall–Kier alpha value is -1.90. The number of benzene rings is 1. The second-order valence-electron chi connectivity index (χ2n) is 7.21. The van der Waals surface area contributed by atoms with Crippen LogP contribution in [0.4, 0.5) is 5.69 Å². The number of aliphatic carboxylic acids is 1. The minimum absolute atomic E-state index is 0.0154.